The molecule has 2 aromatic heterocycles. The van der Waals surface area contributed by atoms with E-state index in [9.17, 15) is 9.59 Å². The highest BCUT2D eigenvalue weighted by Crippen LogP contribution is 2.21. The van der Waals surface area contributed by atoms with E-state index in [2.05, 4.69) is 10.5 Å². The molecule has 1 saturated heterocycles. The van der Waals surface area contributed by atoms with E-state index in [1.807, 2.05) is 4.90 Å². The molecular formula is C15H17ClN4O3S. The van der Waals surface area contributed by atoms with Crippen molar-refractivity contribution < 1.29 is 14.1 Å². The number of nitrogens with zero attached hydrogens (tertiary/aromatic N) is 3. The van der Waals surface area contributed by atoms with E-state index in [-0.39, 0.29) is 18.4 Å². The molecule has 0 radical (unpaired) electrons. The largest absolute Gasteiger partial charge is 0.360 e. The Hall–Kier alpha value is -1.90. The molecule has 0 bridgehead atoms. The molecule has 1 aliphatic rings. The van der Waals surface area contributed by atoms with E-state index in [1.54, 1.807) is 29.3 Å². The minimum atomic E-state index is -0.146. The zero-order valence-corrected chi connectivity index (χ0v) is 14.7. The van der Waals surface area contributed by atoms with E-state index in [1.165, 1.54) is 11.3 Å². The van der Waals surface area contributed by atoms with Crippen LogP contribution in [0.25, 0.3) is 0 Å². The first-order chi connectivity index (χ1) is 11.5. The highest BCUT2D eigenvalue weighted by molar-refractivity contribution is 7.14. The van der Waals surface area contributed by atoms with Gasteiger partial charge in [0.1, 0.15) is 5.76 Å². The van der Waals surface area contributed by atoms with Gasteiger partial charge < -0.3 is 14.7 Å². The summed E-state index contributed by atoms with van der Waals surface area (Å²) in [6, 6.07) is 3.36. The van der Waals surface area contributed by atoms with Crippen molar-refractivity contribution >= 4 is 40.6 Å². The number of halogens is 1. The number of hydrogen-bond donors (Lipinski definition) is 1. The summed E-state index contributed by atoms with van der Waals surface area (Å²) in [5.41, 5.74) is 0.623. The predicted octanol–water partition coefficient (Wildman–Crippen LogP) is 2.09. The number of carbonyl (C=O) groups is 2. The lowest BCUT2D eigenvalue weighted by Gasteiger charge is -2.34. The molecule has 0 unspecified atom stereocenters. The molecule has 128 valence electrons. The maximum Gasteiger partial charge on any atom is 0.254 e. The number of rotatable bonds is 4. The van der Waals surface area contributed by atoms with Crippen LogP contribution in [0.3, 0.4) is 0 Å². The van der Waals surface area contributed by atoms with E-state index < -0.39 is 0 Å². The fourth-order valence-corrected chi connectivity index (χ4v) is 3.38. The van der Waals surface area contributed by atoms with Crippen LogP contribution in [0, 0.1) is 6.92 Å². The van der Waals surface area contributed by atoms with E-state index in [0.29, 0.717) is 47.7 Å². The second-order valence-corrected chi connectivity index (χ2v) is 7.12. The number of anilines is 1. The quantitative estimate of drug-likeness (QED) is 0.894. The Labute approximate surface area is 148 Å². The number of nitrogens with one attached hydrogen (secondary N) is 1. The predicted molar refractivity (Wildman–Crippen MR) is 91.5 cm³/mol. The molecule has 0 saturated carbocycles. The van der Waals surface area contributed by atoms with Gasteiger partial charge in [-0.2, -0.15) is 0 Å². The summed E-state index contributed by atoms with van der Waals surface area (Å²) in [4.78, 5) is 28.1. The average molecular weight is 369 g/mol. The van der Waals surface area contributed by atoms with Crippen LogP contribution in [0.4, 0.5) is 5.82 Å². The molecule has 2 amide bonds. The van der Waals surface area contributed by atoms with Crippen molar-refractivity contribution in [1.82, 2.24) is 15.0 Å². The van der Waals surface area contributed by atoms with Gasteiger partial charge in [0.2, 0.25) is 5.91 Å². The standard InChI is InChI=1S/C15H17ClN4O3S/c1-10-6-13(18-23-10)17-14(21)8-19-2-4-20(5-3-19)15(22)11-7-12(16)24-9-11/h6-7,9H,2-5,8H2,1H3,(H,17,18,21). The second kappa shape index (κ2) is 7.33. The molecule has 1 N–H and O–H groups in total. The van der Waals surface area contributed by atoms with Crippen molar-refractivity contribution in [2.45, 2.75) is 6.92 Å². The minimum absolute atomic E-state index is 0.0136. The Morgan fingerprint density at radius 1 is 1.33 bits per heavy atom. The monoisotopic (exact) mass is 368 g/mol. The maximum atomic E-state index is 12.3. The van der Waals surface area contributed by atoms with Gasteiger partial charge in [0.05, 0.1) is 16.4 Å². The van der Waals surface area contributed by atoms with Gasteiger partial charge in [-0.1, -0.05) is 16.8 Å². The van der Waals surface area contributed by atoms with E-state index >= 15 is 0 Å². The topological polar surface area (TPSA) is 78.7 Å². The van der Waals surface area contributed by atoms with E-state index in [4.69, 9.17) is 16.1 Å². The van der Waals surface area contributed by atoms with E-state index in [0.717, 1.165) is 0 Å². The highest BCUT2D eigenvalue weighted by Gasteiger charge is 2.24. The summed E-state index contributed by atoms with van der Waals surface area (Å²) in [5.74, 6) is 0.902. The summed E-state index contributed by atoms with van der Waals surface area (Å²) < 4.78 is 5.52. The lowest BCUT2D eigenvalue weighted by molar-refractivity contribution is -0.117. The third-order valence-electron chi connectivity index (χ3n) is 3.74. The van der Waals surface area contributed by atoms with Crippen LogP contribution in [-0.2, 0) is 4.79 Å². The van der Waals surface area contributed by atoms with Crippen LogP contribution in [0.1, 0.15) is 16.1 Å². The molecule has 24 heavy (non-hydrogen) atoms. The molecule has 1 aliphatic heterocycles. The number of hydrogen-bond acceptors (Lipinski definition) is 6. The first-order valence-corrected chi connectivity index (χ1v) is 8.76. The van der Waals surface area contributed by atoms with Crippen LogP contribution in [0.15, 0.2) is 22.0 Å². The normalized spacial score (nSPS) is 15.5. The molecule has 3 heterocycles. The maximum absolute atomic E-state index is 12.3. The second-order valence-electron chi connectivity index (χ2n) is 5.58. The minimum Gasteiger partial charge on any atom is -0.360 e. The third-order valence-corrected chi connectivity index (χ3v) is 4.83. The van der Waals surface area contributed by atoms with Crippen LogP contribution in [0.5, 0.6) is 0 Å². The number of carbonyl (C=O) groups excluding carboxylic acids is 2. The van der Waals surface area contributed by atoms with Crippen molar-refractivity contribution in [3.63, 3.8) is 0 Å². The molecule has 2 aromatic rings. The Balaban J connectivity index is 1.46. The van der Waals surface area contributed by atoms with Crippen molar-refractivity contribution in [1.29, 1.82) is 0 Å². The molecular weight excluding hydrogens is 352 g/mol. The summed E-state index contributed by atoms with van der Waals surface area (Å²) in [5, 5.41) is 8.19. The summed E-state index contributed by atoms with van der Waals surface area (Å²) in [7, 11) is 0. The number of thiophene rings is 1. The van der Waals surface area contributed by atoms with Gasteiger partial charge >= 0.3 is 0 Å². The molecule has 0 aromatic carbocycles. The van der Waals surface area contributed by atoms with Gasteiger partial charge in [-0.05, 0) is 13.0 Å². The lowest BCUT2D eigenvalue weighted by atomic mass is 10.2. The van der Waals surface area contributed by atoms with Crippen LogP contribution < -0.4 is 5.32 Å². The van der Waals surface area contributed by atoms with Crippen molar-refractivity contribution in [3.8, 4) is 0 Å². The smallest absolute Gasteiger partial charge is 0.254 e. The van der Waals surface area contributed by atoms with Gasteiger partial charge in [-0.3, -0.25) is 14.5 Å². The Bertz CT molecular complexity index is 737. The third kappa shape index (κ3) is 4.14. The average Bonchev–Trinajstić information content (AvgIpc) is 3.16. The molecule has 0 atom stereocenters. The number of piperazine rings is 1. The molecule has 0 spiro atoms. The van der Waals surface area contributed by atoms with Gasteiger partial charge in [-0.25, -0.2) is 0 Å². The molecule has 3 rings (SSSR count). The summed E-state index contributed by atoms with van der Waals surface area (Å²) in [6.07, 6.45) is 0. The zero-order valence-electron chi connectivity index (χ0n) is 13.1. The molecule has 9 heteroatoms. The lowest BCUT2D eigenvalue weighted by Crippen LogP contribution is -2.50. The van der Waals surface area contributed by atoms with Crippen LogP contribution in [-0.4, -0.2) is 59.5 Å². The van der Waals surface area contributed by atoms with Gasteiger partial charge in [0, 0.05) is 37.6 Å². The molecule has 1 fully saturated rings. The fourth-order valence-electron chi connectivity index (χ4n) is 2.52. The van der Waals surface area contributed by atoms with Crippen LogP contribution in [0.2, 0.25) is 4.34 Å². The Morgan fingerprint density at radius 2 is 2.08 bits per heavy atom. The SMILES string of the molecule is Cc1cc(NC(=O)CN2CCN(C(=O)c3csc(Cl)c3)CC2)no1. The van der Waals surface area contributed by atoms with Crippen LogP contribution >= 0.6 is 22.9 Å². The van der Waals surface area contributed by atoms with Crippen molar-refractivity contribution in [2.75, 3.05) is 38.0 Å². The first-order valence-electron chi connectivity index (χ1n) is 7.50. The van der Waals surface area contributed by atoms with Gasteiger partial charge in [0.15, 0.2) is 5.82 Å². The Kier molecular flexibility index (Phi) is 5.17. The number of aromatic nitrogens is 1. The fraction of sp³-hybridized carbons (Fsp3) is 0.400. The van der Waals surface area contributed by atoms with Crippen molar-refractivity contribution in [3.05, 3.63) is 33.2 Å². The summed E-state index contributed by atoms with van der Waals surface area (Å²) >= 11 is 7.22. The molecule has 0 aliphatic carbocycles. The first kappa shape index (κ1) is 16.9. The number of aryl methyl sites for hydroxylation is 1. The number of amides is 2. The highest BCUT2D eigenvalue weighted by atomic mass is 35.5. The van der Waals surface area contributed by atoms with Gasteiger partial charge in [-0.15, -0.1) is 11.3 Å². The van der Waals surface area contributed by atoms with Gasteiger partial charge in [0.25, 0.3) is 5.91 Å². The summed E-state index contributed by atoms with van der Waals surface area (Å²) in [6.45, 7) is 4.49. The van der Waals surface area contributed by atoms with Crippen molar-refractivity contribution in [2.24, 2.45) is 0 Å². The zero-order chi connectivity index (χ0) is 17.1. The molecule has 7 nitrogen and oxygen atoms in total. The Morgan fingerprint density at radius 3 is 2.67 bits per heavy atom.